The van der Waals surface area contributed by atoms with Crippen LogP contribution in [0.5, 0.6) is 0 Å². The fraction of sp³-hybridized carbons (Fsp3) is 0. The second-order valence-corrected chi connectivity index (χ2v) is 0.525. The summed E-state index contributed by atoms with van der Waals surface area (Å²) in [5, 5.41) is 0. The summed E-state index contributed by atoms with van der Waals surface area (Å²) in [5.41, 5.74) is 0. The molecule has 0 aromatic heterocycles. The maximum Gasteiger partial charge on any atom is 0.0832 e. The molecular weight excluding hydrogens is 246 g/mol. The van der Waals surface area contributed by atoms with Crippen LogP contribution in [0.25, 0.3) is 0 Å². The molecule has 7 heavy (non-hydrogen) atoms. The van der Waals surface area contributed by atoms with Crippen molar-refractivity contribution in [3.8, 4) is 0 Å². The third kappa shape index (κ3) is 101. The fourth-order valence-corrected chi connectivity index (χ4v) is 0. The van der Waals surface area contributed by atoms with Crippen molar-refractivity contribution in [1.29, 1.82) is 0 Å². The number of hydrogen-bond acceptors (Lipinski definition) is 1. The summed E-state index contributed by atoms with van der Waals surface area (Å²) in [6.07, 6.45) is 0. The zero-order chi connectivity index (χ0) is 2.71. The van der Waals surface area contributed by atoms with Gasteiger partial charge in [-0.15, -0.1) is 0 Å². The molecule has 4 N–H and O–H groups in total. The normalized spacial score (nSPS) is 2.57. The van der Waals surface area contributed by atoms with Crippen LogP contribution < -0.4 is 0 Å². The van der Waals surface area contributed by atoms with E-state index in [2.05, 4.69) is 27.6 Å². The Morgan fingerprint density at radius 3 is 0.857 bits per heavy atom. The van der Waals surface area contributed by atoms with Crippen molar-refractivity contribution in [2.45, 2.75) is 0 Å². The third-order valence-electron chi connectivity index (χ3n) is 0. The van der Waals surface area contributed by atoms with Gasteiger partial charge in [0.05, 0.1) is 23.7 Å². The monoisotopic (exact) mass is 248 g/mol. The zero-order valence-electron chi connectivity index (χ0n) is 2.77. The van der Waals surface area contributed by atoms with Crippen molar-refractivity contribution >= 4 is 23.7 Å². The number of hydrogen-bond donors (Lipinski definition) is 0. The Morgan fingerprint density at radius 1 is 0.857 bits per heavy atom. The molecule has 58 valence electrons. The molecule has 0 aromatic rings. The summed E-state index contributed by atoms with van der Waals surface area (Å²) in [6.45, 7) is 0. The molecule has 0 aliphatic rings. The van der Waals surface area contributed by atoms with E-state index in [9.17, 15) is 0 Å². The van der Waals surface area contributed by atoms with Gasteiger partial charge in [0.15, 0.2) is 0 Å². The van der Waals surface area contributed by atoms with E-state index in [4.69, 9.17) is 0 Å². The Balaban J connectivity index is -0.00000000333. The van der Waals surface area contributed by atoms with Gasteiger partial charge in [-0.2, -0.15) is 3.84 Å². The molecule has 0 fully saturated rings. The van der Waals surface area contributed by atoms with Gasteiger partial charge < -0.3 is 11.0 Å². The van der Waals surface area contributed by atoms with Crippen LogP contribution in [0.15, 0.2) is 0 Å². The molecular formula is H4Cl2Cu2O3. The largest absolute Gasteiger partial charge is 0.412 e. The molecule has 0 bridgehead atoms. The molecule has 0 spiro atoms. The molecule has 0 saturated heterocycles. The van der Waals surface area contributed by atoms with Crippen molar-refractivity contribution in [3.63, 3.8) is 0 Å². The predicted molar refractivity (Wildman–Crippen MR) is 20.0 cm³/mol. The van der Waals surface area contributed by atoms with E-state index in [1.165, 1.54) is 0 Å². The van der Waals surface area contributed by atoms with Gasteiger partial charge in [0.1, 0.15) is 0 Å². The van der Waals surface area contributed by atoms with E-state index < -0.39 is 0 Å². The summed E-state index contributed by atoms with van der Waals surface area (Å²) in [6, 6.07) is 0. The van der Waals surface area contributed by atoms with Crippen LogP contribution in [0.2, 0.25) is 0 Å². The standard InChI is InChI=1S/Cl2O.2Cu.2H2O/c1-3-2;;;;/h;;;2*1H2. The van der Waals surface area contributed by atoms with Gasteiger partial charge in [-0.25, -0.2) is 0 Å². The second-order valence-electron chi connectivity index (χ2n) is 0.0583. The van der Waals surface area contributed by atoms with Crippen molar-refractivity contribution < 1.29 is 48.9 Å². The van der Waals surface area contributed by atoms with Gasteiger partial charge in [-0.3, -0.25) is 0 Å². The topological polar surface area (TPSA) is 72.2 Å². The average Bonchev–Trinajstić information content (AvgIpc) is 0.918. The summed E-state index contributed by atoms with van der Waals surface area (Å²) < 4.78 is 3.19. The first-order chi connectivity index (χ1) is 1.41. The molecule has 0 aliphatic heterocycles. The minimum Gasteiger partial charge on any atom is -0.412 e. The minimum absolute atomic E-state index is 0. The van der Waals surface area contributed by atoms with Crippen molar-refractivity contribution in [2.75, 3.05) is 0 Å². The third-order valence-corrected chi connectivity index (χ3v) is 0. The quantitative estimate of drug-likeness (QED) is 0.542. The van der Waals surface area contributed by atoms with E-state index in [0.717, 1.165) is 0 Å². The predicted octanol–water partition coefficient (Wildman–Crippen LogP) is -0.344. The Hall–Kier alpha value is 1.50. The van der Waals surface area contributed by atoms with Gasteiger partial charge in [0.2, 0.25) is 0 Å². The van der Waals surface area contributed by atoms with Crippen LogP contribution in [0.1, 0.15) is 0 Å². The fourth-order valence-electron chi connectivity index (χ4n) is 0. The SMILES string of the molecule is ClOCl.O.O.[Cu].[Cu]. The first-order valence-electron chi connectivity index (χ1n) is 0.309. The minimum atomic E-state index is 0. The molecule has 7 heteroatoms. The maximum atomic E-state index is 4.26. The molecule has 0 amide bonds. The summed E-state index contributed by atoms with van der Waals surface area (Å²) in [5.74, 6) is 0. The Bertz CT molecular complexity index is 10.9. The van der Waals surface area contributed by atoms with E-state index in [1.807, 2.05) is 0 Å². The van der Waals surface area contributed by atoms with E-state index in [1.54, 1.807) is 0 Å². The van der Waals surface area contributed by atoms with Gasteiger partial charge in [-0.1, -0.05) is 0 Å². The van der Waals surface area contributed by atoms with E-state index in [-0.39, 0.29) is 45.1 Å². The molecule has 0 atom stereocenters. The second kappa shape index (κ2) is 50.7. The van der Waals surface area contributed by atoms with Crippen LogP contribution >= 0.6 is 23.7 Å². The summed E-state index contributed by atoms with van der Waals surface area (Å²) in [7, 11) is 0. The van der Waals surface area contributed by atoms with Gasteiger partial charge >= 0.3 is 0 Å². The van der Waals surface area contributed by atoms with Gasteiger partial charge in [-0.05, 0) is 0 Å². The molecule has 0 rings (SSSR count). The molecule has 0 aliphatic carbocycles. The summed E-state index contributed by atoms with van der Waals surface area (Å²) in [4.78, 5) is 0. The van der Waals surface area contributed by atoms with Crippen LogP contribution in [-0.2, 0) is 38.0 Å². The van der Waals surface area contributed by atoms with Gasteiger partial charge in [0, 0.05) is 34.1 Å². The van der Waals surface area contributed by atoms with Crippen LogP contribution in [0.3, 0.4) is 0 Å². The van der Waals surface area contributed by atoms with Crippen molar-refractivity contribution in [3.05, 3.63) is 0 Å². The van der Waals surface area contributed by atoms with Crippen LogP contribution in [-0.4, -0.2) is 11.0 Å². The first-order valence-corrected chi connectivity index (χ1v) is 0.926. The van der Waals surface area contributed by atoms with E-state index >= 15 is 0 Å². The van der Waals surface area contributed by atoms with E-state index in [0.29, 0.717) is 0 Å². The first kappa shape index (κ1) is 39.0. The smallest absolute Gasteiger partial charge is 0.0832 e. The average molecular weight is 250 g/mol. The zero-order valence-corrected chi connectivity index (χ0v) is 6.16. The van der Waals surface area contributed by atoms with Crippen LogP contribution in [0.4, 0.5) is 0 Å². The molecule has 2 radical (unpaired) electrons. The Labute approximate surface area is 72.6 Å². The van der Waals surface area contributed by atoms with Crippen LogP contribution in [0, 0.1) is 0 Å². The van der Waals surface area contributed by atoms with Crippen molar-refractivity contribution in [1.82, 2.24) is 0 Å². The summed E-state index contributed by atoms with van der Waals surface area (Å²) >= 11 is 8.53. The molecule has 0 aromatic carbocycles. The molecule has 0 saturated carbocycles. The maximum absolute atomic E-state index is 4.26. The Morgan fingerprint density at radius 2 is 0.857 bits per heavy atom. The molecule has 0 unspecified atom stereocenters. The molecule has 3 nitrogen and oxygen atoms in total. The number of rotatable bonds is 0. The molecule has 0 heterocycles. The van der Waals surface area contributed by atoms with Gasteiger partial charge in [0.25, 0.3) is 0 Å². The number of halogens is 2. The van der Waals surface area contributed by atoms with Crippen molar-refractivity contribution in [2.24, 2.45) is 0 Å². The Kier molecular flexibility index (Phi) is 283.